The van der Waals surface area contributed by atoms with E-state index < -0.39 is 0 Å². The molecule has 0 N–H and O–H groups in total. The predicted octanol–water partition coefficient (Wildman–Crippen LogP) is 3.57. The molecular weight excluding hydrogens is 310 g/mol. The van der Waals surface area contributed by atoms with Gasteiger partial charge in [0.25, 0.3) is 0 Å². The quantitative estimate of drug-likeness (QED) is 0.730. The summed E-state index contributed by atoms with van der Waals surface area (Å²) >= 11 is 0. The van der Waals surface area contributed by atoms with Gasteiger partial charge in [0.2, 0.25) is 0 Å². The van der Waals surface area contributed by atoms with Crippen LogP contribution < -0.4 is 0 Å². The van der Waals surface area contributed by atoms with Gasteiger partial charge >= 0.3 is 0 Å². The highest BCUT2D eigenvalue weighted by Gasteiger charge is 2.33. The van der Waals surface area contributed by atoms with Crippen molar-refractivity contribution in [1.82, 2.24) is 14.7 Å². The van der Waals surface area contributed by atoms with E-state index in [0.29, 0.717) is 12.0 Å². The average Bonchev–Trinajstić information content (AvgIpc) is 2.60. The molecule has 4 heteroatoms. The van der Waals surface area contributed by atoms with Crippen molar-refractivity contribution in [3.8, 4) is 0 Å². The number of hydrogen-bond acceptors (Lipinski definition) is 4. The van der Waals surface area contributed by atoms with Crippen LogP contribution in [0.15, 0.2) is 23.0 Å². The highest BCUT2D eigenvalue weighted by Crippen LogP contribution is 2.34. The Morgan fingerprint density at radius 3 is 2.24 bits per heavy atom. The van der Waals surface area contributed by atoms with Crippen molar-refractivity contribution in [3.63, 3.8) is 0 Å². The summed E-state index contributed by atoms with van der Waals surface area (Å²) in [5, 5.41) is 0. The molecule has 0 radical (unpaired) electrons. The third-order valence-corrected chi connectivity index (χ3v) is 6.13. The summed E-state index contributed by atoms with van der Waals surface area (Å²) in [5.41, 5.74) is 4.23. The van der Waals surface area contributed by atoms with Crippen LogP contribution in [0.3, 0.4) is 0 Å². The van der Waals surface area contributed by atoms with E-state index in [-0.39, 0.29) is 6.10 Å². The van der Waals surface area contributed by atoms with Crippen molar-refractivity contribution in [1.29, 1.82) is 0 Å². The lowest BCUT2D eigenvalue weighted by Crippen LogP contribution is -2.49. The molecule has 2 unspecified atom stereocenters. The van der Waals surface area contributed by atoms with Gasteiger partial charge in [0.15, 0.2) is 0 Å². The molecule has 25 heavy (non-hydrogen) atoms. The van der Waals surface area contributed by atoms with Gasteiger partial charge in [0, 0.05) is 50.7 Å². The summed E-state index contributed by atoms with van der Waals surface area (Å²) in [6, 6.07) is 1.16. The van der Waals surface area contributed by atoms with E-state index in [1.54, 1.807) is 0 Å². The molecule has 4 nitrogen and oxygen atoms in total. The van der Waals surface area contributed by atoms with E-state index in [4.69, 9.17) is 4.74 Å². The first-order valence-electron chi connectivity index (χ1n) is 9.93. The standard InChI is InChI=1S/C21H39N3O/c1-9-23-14-19(15(2)3)21(25-8)16(4)20(23)17(5)24-12-10-18(11-13-24)22(6)7/h14-15,17-18,21H,9-13H2,1-8H3. The monoisotopic (exact) mass is 349 g/mol. The minimum Gasteiger partial charge on any atom is -0.373 e. The highest BCUT2D eigenvalue weighted by atomic mass is 16.5. The highest BCUT2D eigenvalue weighted by molar-refractivity contribution is 5.35. The molecule has 0 saturated carbocycles. The summed E-state index contributed by atoms with van der Waals surface area (Å²) in [6.45, 7) is 14.8. The van der Waals surface area contributed by atoms with Gasteiger partial charge < -0.3 is 14.5 Å². The SMILES string of the molecule is CCN1C=C(C(C)C)C(OC)C(C)=C1C(C)N1CCC(N(C)C)CC1. The minimum atomic E-state index is 0.125. The van der Waals surface area contributed by atoms with Crippen LogP contribution in [0, 0.1) is 5.92 Å². The second-order valence-corrected chi connectivity index (χ2v) is 8.16. The van der Waals surface area contributed by atoms with Crippen molar-refractivity contribution < 1.29 is 4.74 Å². The fraction of sp³-hybridized carbons (Fsp3) is 0.810. The van der Waals surface area contributed by atoms with Crippen LogP contribution in [0.4, 0.5) is 0 Å². The lowest BCUT2D eigenvalue weighted by atomic mass is 9.88. The van der Waals surface area contributed by atoms with E-state index in [9.17, 15) is 0 Å². The Kier molecular flexibility index (Phi) is 7.12. The Bertz CT molecular complexity index is 501. The van der Waals surface area contributed by atoms with E-state index in [2.05, 4.69) is 69.6 Å². The van der Waals surface area contributed by atoms with Crippen LogP contribution in [-0.2, 0) is 4.74 Å². The summed E-state index contributed by atoms with van der Waals surface area (Å²) in [6.07, 6.45) is 5.00. The molecule has 1 saturated heterocycles. The first-order chi connectivity index (χ1) is 11.8. The van der Waals surface area contributed by atoms with Crippen molar-refractivity contribution >= 4 is 0 Å². The number of ether oxygens (including phenoxy) is 1. The molecule has 1 fully saturated rings. The zero-order valence-electron chi connectivity index (χ0n) is 17.7. The van der Waals surface area contributed by atoms with Crippen molar-refractivity contribution in [3.05, 3.63) is 23.0 Å². The topological polar surface area (TPSA) is 19.0 Å². The van der Waals surface area contributed by atoms with E-state index in [1.807, 2.05) is 7.11 Å². The maximum atomic E-state index is 5.91. The zero-order chi connectivity index (χ0) is 18.7. The molecule has 2 heterocycles. The molecule has 0 aliphatic carbocycles. The number of piperidine rings is 1. The Labute approximate surface area is 155 Å². The largest absolute Gasteiger partial charge is 0.373 e. The Morgan fingerprint density at radius 2 is 1.80 bits per heavy atom. The number of methoxy groups -OCH3 is 1. The third-order valence-electron chi connectivity index (χ3n) is 6.13. The van der Waals surface area contributed by atoms with Crippen molar-refractivity contribution in [2.45, 2.75) is 65.6 Å². The fourth-order valence-corrected chi connectivity index (χ4v) is 4.49. The summed E-state index contributed by atoms with van der Waals surface area (Å²) in [7, 11) is 6.26. The van der Waals surface area contributed by atoms with Crippen LogP contribution in [0.1, 0.15) is 47.5 Å². The number of likely N-dealkylation sites (N-methyl/N-ethyl adjacent to an activating group) is 1. The van der Waals surface area contributed by atoms with Gasteiger partial charge in [0.05, 0.1) is 0 Å². The normalized spacial score (nSPS) is 25.1. The molecule has 144 valence electrons. The van der Waals surface area contributed by atoms with Gasteiger partial charge in [-0.25, -0.2) is 0 Å². The maximum Gasteiger partial charge on any atom is 0.103 e. The molecule has 2 aliphatic rings. The molecule has 0 bridgehead atoms. The summed E-state index contributed by atoms with van der Waals surface area (Å²) in [4.78, 5) is 7.50. The van der Waals surface area contributed by atoms with Gasteiger partial charge in [-0.2, -0.15) is 0 Å². The number of rotatable bonds is 6. The number of likely N-dealkylation sites (tertiary alicyclic amines) is 1. The molecular formula is C21H39N3O. The maximum absolute atomic E-state index is 5.91. The molecule has 2 atom stereocenters. The smallest absolute Gasteiger partial charge is 0.103 e. The predicted molar refractivity (Wildman–Crippen MR) is 107 cm³/mol. The Hall–Kier alpha value is -0.840. The second-order valence-electron chi connectivity index (χ2n) is 8.16. The molecule has 0 aromatic rings. The lowest BCUT2D eigenvalue weighted by Gasteiger charge is -2.44. The molecule has 0 aromatic carbocycles. The molecule has 2 rings (SSSR count). The minimum absolute atomic E-state index is 0.125. The van der Waals surface area contributed by atoms with Gasteiger partial charge in [-0.1, -0.05) is 13.8 Å². The van der Waals surface area contributed by atoms with Crippen LogP contribution >= 0.6 is 0 Å². The van der Waals surface area contributed by atoms with Crippen LogP contribution in [-0.4, -0.2) is 73.7 Å². The molecule has 0 amide bonds. The Morgan fingerprint density at radius 1 is 1.20 bits per heavy atom. The van der Waals surface area contributed by atoms with Gasteiger partial charge in [0.1, 0.15) is 6.10 Å². The van der Waals surface area contributed by atoms with Crippen molar-refractivity contribution in [2.75, 3.05) is 40.8 Å². The number of nitrogens with zero attached hydrogens (tertiary/aromatic N) is 3. The van der Waals surface area contributed by atoms with E-state index >= 15 is 0 Å². The van der Waals surface area contributed by atoms with Crippen LogP contribution in [0.2, 0.25) is 0 Å². The van der Waals surface area contributed by atoms with E-state index in [1.165, 1.54) is 42.8 Å². The second kappa shape index (κ2) is 8.70. The fourth-order valence-electron chi connectivity index (χ4n) is 4.49. The summed E-state index contributed by atoms with van der Waals surface area (Å²) in [5.74, 6) is 0.502. The first-order valence-corrected chi connectivity index (χ1v) is 9.93. The van der Waals surface area contributed by atoms with Crippen molar-refractivity contribution in [2.24, 2.45) is 5.92 Å². The zero-order valence-corrected chi connectivity index (χ0v) is 17.7. The number of hydrogen-bond donors (Lipinski definition) is 0. The molecule has 2 aliphatic heterocycles. The summed E-state index contributed by atoms with van der Waals surface area (Å²) < 4.78 is 5.91. The molecule has 0 spiro atoms. The Balaban J connectivity index is 2.22. The van der Waals surface area contributed by atoms with Gasteiger partial charge in [-0.3, -0.25) is 4.90 Å². The van der Waals surface area contributed by atoms with Crippen LogP contribution in [0.5, 0.6) is 0 Å². The van der Waals surface area contributed by atoms with E-state index in [0.717, 1.165) is 12.6 Å². The third kappa shape index (κ3) is 4.29. The van der Waals surface area contributed by atoms with Gasteiger partial charge in [-0.05, 0) is 64.8 Å². The first kappa shape index (κ1) is 20.5. The average molecular weight is 350 g/mol. The van der Waals surface area contributed by atoms with Gasteiger partial charge in [-0.15, -0.1) is 0 Å². The molecule has 0 aromatic heterocycles. The lowest BCUT2D eigenvalue weighted by molar-refractivity contribution is 0.107. The van der Waals surface area contributed by atoms with Crippen LogP contribution in [0.25, 0.3) is 0 Å².